The number of hydrogen-bond donors (Lipinski definition) is 0. The van der Waals surface area contributed by atoms with E-state index in [1.165, 1.54) is 0 Å². The number of rotatable bonds is 2. The molecule has 0 spiro atoms. The first-order valence-corrected chi connectivity index (χ1v) is 3.80. The first-order valence-electron chi connectivity index (χ1n) is 3.80. The predicted octanol–water partition coefficient (Wildman–Crippen LogP) is 1.53. The Bertz CT molecular complexity index is 151. The zero-order valence-electron chi connectivity index (χ0n) is 6.34. The molecule has 0 bridgehead atoms. The molecule has 0 aromatic heterocycles. The van der Waals surface area contributed by atoms with Crippen molar-refractivity contribution in [2.45, 2.75) is 26.2 Å². The smallest absolute Gasteiger partial charge is 0.226 e. The van der Waals surface area contributed by atoms with E-state index in [0.29, 0.717) is 0 Å². The molecule has 0 aromatic rings. The minimum atomic E-state index is 0.268. The van der Waals surface area contributed by atoms with E-state index in [2.05, 4.69) is 6.92 Å². The number of carbonyl (C=O) groups is 1. The van der Waals surface area contributed by atoms with Gasteiger partial charge in [-0.1, -0.05) is 13.0 Å². The quantitative estimate of drug-likeness (QED) is 0.568. The van der Waals surface area contributed by atoms with E-state index >= 15 is 0 Å². The fourth-order valence-corrected chi connectivity index (χ4v) is 1.06. The van der Waals surface area contributed by atoms with Gasteiger partial charge < -0.3 is 4.90 Å². The highest BCUT2D eigenvalue weighted by molar-refractivity contribution is 5.79. The van der Waals surface area contributed by atoms with Crippen LogP contribution in [0, 0.1) is 0 Å². The first-order chi connectivity index (χ1) is 4.84. The average molecular weight is 139 g/mol. The molecule has 0 aliphatic carbocycles. The van der Waals surface area contributed by atoms with Crippen molar-refractivity contribution in [3.8, 4) is 0 Å². The van der Waals surface area contributed by atoms with E-state index in [4.69, 9.17) is 0 Å². The molecule has 0 N–H and O–H groups in total. The van der Waals surface area contributed by atoms with E-state index in [-0.39, 0.29) is 5.91 Å². The lowest BCUT2D eigenvalue weighted by atomic mass is 10.4. The van der Waals surface area contributed by atoms with Gasteiger partial charge in [0.25, 0.3) is 0 Å². The molecule has 0 saturated carbocycles. The van der Waals surface area contributed by atoms with Crippen molar-refractivity contribution in [3.63, 3.8) is 0 Å². The van der Waals surface area contributed by atoms with Gasteiger partial charge in [-0.25, -0.2) is 0 Å². The maximum Gasteiger partial charge on any atom is 0.226 e. The topological polar surface area (TPSA) is 20.3 Å². The van der Waals surface area contributed by atoms with Crippen LogP contribution in [-0.2, 0) is 4.79 Å². The Morgan fingerprint density at radius 3 is 3.00 bits per heavy atom. The highest BCUT2D eigenvalue weighted by Crippen LogP contribution is 2.09. The van der Waals surface area contributed by atoms with Crippen molar-refractivity contribution in [1.29, 1.82) is 0 Å². The van der Waals surface area contributed by atoms with Crippen LogP contribution in [0.1, 0.15) is 26.2 Å². The second kappa shape index (κ2) is 3.40. The van der Waals surface area contributed by atoms with Gasteiger partial charge in [-0.15, -0.1) is 0 Å². The highest BCUT2D eigenvalue weighted by atomic mass is 16.2. The van der Waals surface area contributed by atoms with Crippen molar-refractivity contribution in [2.24, 2.45) is 0 Å². The molecule has 0 aromatic carbocycles. The number of hydrogen-bond acceptors (Lipinski definition) is 1. The first kappa shape index (κ1) is 7.32. The number of likely N-dealkylation sites (tertiary alicyclic amines) is 1. The number of carbonyl (C=O) groups excluding carboxylic acids is 1. The van der Waals surface area contributed by atoms with Gasteiger partial charge in [-0.05, 0) is 12.8 Å². The lowest BCUT2D eigenvalue weighted by Crippen LogP contribution is -2.16. The van der Waals surface area contributed by atoms with Crippen molar-refractivity contribution in [3.05, 3.63) is 12.3 Å². The van der Waals surface area contributed by atoms with E-state index in [9.17, 15) is 4.79 Å². The standard InChI is InChI=1S/C8H13NO/c1-2-3-6-9-7-4-5-8(9)10/h3,6H,2,4-5,7H2,1H3/b6-3+. The largest absolute Gasteiger partial charge is 0.319 e. The second-order valence-electron chi connectivity index (χ2n) is 2.48. The third-order valence-corrected chi connectivity index (χ3v) is 1.63. The van der Waals surface area contributed by atoms with Gasteiger partial charge in [0.05, 0.1) is 0 Å². The van der Waals surface area contributed by atoms with Crippen molar-refractivity contribution in [1.82, 2.24) is 4.90 Å². The third kappa shape index (κ3) is 1.59. The molecule has 0 unspecified atom stereocenters. The Hall–Kier alpha value is -0.790. The number of amides is 1. The molecule has 1 aliphatic rings. The Kier molecular flexibility index (Phi) is 2.49. The van der Waals surface area contributed by atoms with Crippen LogP contribution in [0.15, 0.2) is 12.3 Å². The van der Waals surface area contributed by atoms with Crippen LogP contribution in [0.25, 0.3) is 0 Å². The summed E-state index contributed by atoms with van der Waals surface area (Å²) in [4.78, 5) is 12.7. The van der Waals surface area contributed by atoms with Crippen molar-refractivity contribution < 1.29 is 4.79 Å². The minimum absolute atomic E-state index is 0.268. The Balaban J connectivity index is 2.40. The van der Waals surface area contributed by atoms with Crippen LogP contribution in [0.4, 0.5) is 0 Å². The summed E-state index contributed by atoms with van der Waals surface area (Å²) in [6, 6.07) is 0. The Morgan fingerprint density at radius 2 is 2.50 bits per heavy atom. The molecule has 0 atom stereocenters. The van der Waals surface area contributed by atoms with Crippen molar-refractivity contribution >= 4 is 5.91 Å². The van der Waals surface area contributed by atoms with E-state index < -0.39 is 0 Å². The molecule has 1 rings (SSSR count). The van der Waals surface area contributed by atoms with Crippen LogP contribution < -0.4 is 0 Å². The van der Waals surface area contributed by atoms with E-state index in [1.54, 1.807) is 4.90 Å². The molecule has 10 heavy (non-hydrogen) atoms. The predicted molar refractivity (Wildman–Crippen MR) is 40.4 cm³/mol. The summed E-state index contributed by atoms with van der Waals surface area (Å²) in [6.45, 7) is 2.98. The van der Waals surface area contributed by atoms with Crippen LogP contribution >= 0.6 is 0 Å². The monoisotopic (exact) mass is 139 g/mol. The molecule has 1 saturated heterocycles. The second-order valence-corrected chi connectivity index (χ2v) is 2.48. The summed E-state index contributed by atoms with van der Waals surface area (Å²) in [5, 5.41) is 0. The van der Waals surface area contributed by atoms with Crippen LogP contribution in [-0.4, -0.2) is 17.4 Å². The van der Waals surface area contributed by atoms with Gasteiger partial charge in [0.15, 0.2) is 0 Å². The molecule has 1 amide bonds. The van der Waals surface area contributed by atoms with Gasteiger partial charge in [0, 0.05) is 19.2 Å². The molecule has 1 fully saturated rings. The normalized spacial score (nSPS) is 19.3. The van der Waals surface area contributed by atoms with Crippen LogP contribution in [0.2, 0.25) is 0 Å². The number of allylic oxidation sites excluding steroid dienone is 1. The van der Waals surface area contributed by atoms with Gasteiger partial charge in [-0.3, -0.25) is 4.79 Å². The lowest BCUT2D eigenvalue weighted by Gasteiger charge is -2.07. The zero-order chi connectivity index (χ0) is 7.40. The highest BCUT2D eigenvalue weighted by Gasteiger charge is 2.16. The SMILES string of the molecule is CC/C=C/N1CCCC1=O. The fraction of sp³-hybridized carbons (Fsp3) is 0.625. The van der Waals surface area contributed by atoms with Gasteiger partial charge in [-0.2, -0.15) is 0 Å². The molecule has 56 valence electrons. The maximum absolute atomic E-state index is 11.0. The summed E-state index contributed by atoms with van der Waals surface area (Å²) >= 11 is 0. The third-order valence-electron chi connectivity index (χ3n) is 1.63. The van der Waals surface area contributed by atoms with Crippen LogP contribution in [0.3, 0.4) is 0 Å². The van der Waals surface area contributed by atoms with Gasteiger partial charge in [0.1, 0.15) is 0 Å². The summed E-state index contributed by atoms with van der Waals surface area (Å²) in [6.07, 6.45) is 6.67. The van der Waals surface area contributed by atoms with Gasteiger partial charge >= 0.3 is 0 Å². The number of nitrogens with zero attached hydrogens (tertiary/aromatic N) is 1. The summed E-state index contributed by atoms with van der Waals surface area (Å²) in [5.74, 6) is 0.268. The molecule has 2 heteroatoms. The van der Waals surface area contributed by atoms with Crippen molar-refractivity contribution in [2.75, 3.05) is 6.54 Å². The van der Waals surface area contributed by atoms with E-state index in [1.807, 2.05) is 12.3 Å². The lowest BCUT2D eigenvalue weighted by molar-refractivity contribution is -0.125. The zero-order valence-corrected chi connectivity index (χ0v) is 6.34. The molecule has 1 aliphatic heterocycles. The van der Waals surface area contributed by atoms with E-state index in [0.717, 1.165) is 25.8 Å². The molecular weight excluding hydrogens is 126 g/mol. The summed E-state index contributed by atoms with van der Waals surface area (Å²) in [5.41, 5.74) is 0. The molecule has 1 heterocycles. The fourth-order valence-electron chi connectivity index (χ4n) is 1.06. The molecule has 0 radical (unpaired) electrons. The van der Waals surface area contributed by atoms with Gasteiger partial charge in [0.2, 0.25) is 5.91 Å². The summed E-state index contributed by atoms with van der Waals surface area (Å²) in [7, 11) is 0. The van der Waals surface area contributed by atoms with Crippen LogP contribution in [0.5, 0.6) is 0 Å². The molecular formula is C8H13NO. The molecule has 2 nitrogen and oxygen atoms in total. The summed E-state index contributed by atoms with van der Waals surface area (Å²) < 4.78 is 0. The minimum Gasteiger partial charge on any atom is -0.319 e. The average Bonchev–Trinajstić information content (AvgIpc) is 2.31. The Morgan fingerprint density at radius 1 is 1.70 bits per heavy atom. The Labute approximate surface area is 61.5 Å². The maximum atomic E-state index is 11.0.